The van der Waals surface area contributed by atoms with E-state index in [1.165, 1.54) is 51.4 Å². The summed E-state index contributed by atoms with van der Waals surface area (Å²) < 4.78 is 0. The predicted octanol–water partition coefficient (Wildman–Crippen LogP) is 2.19. The van der Waals surface area contributed by atoms with Crippen molar-refractivity contribution in [3.05, 3.63) is 0 Å². The smallest absolute Gasteiger partial charge is 0.231 e. The lowest BCUT2D eigenvalue weighted by atomic mass is 10.1. The quantitative estimate of drug-likeness (QED) is 0.824. The van der Waals surface area contributed by atoms with Gasteiger partial charge in [0.25, 0.3) is 0 Å². The highest BCUT2D eigenvalue weighted by Crippen LogP contribution is 2.22. The van der Waals surface area contributed by atoms with Gasteiger partial charge in [-0.2, -0.15) is 15.0 Å². The van der Waals surface area contributed by atoms with E-state index in [-0.39, 0.29) is 0 Å². The minimum Gasteiger partial charge on any atom is -0.368 e. The Morgan fingerprint density at radius 3 is 2.30 bits per heavy atom. The Labute approximate surface area is 120 Å². The molecule has 0 radical (unpaired) electrons. The molecule has 0 atom stereocenters. The number of nitrogens with one attached hydrogen (secondary N) is 1. The first kappa shape index (κ1) is 13.4. The van der Waals surface area contributed by atoms with Crippen molar-refractivity contribution < 1.29 is 0 Å². The third-order valence-electron chi connectivity index (χ3n) is 4.22. The average Bonchev–Trinajstić information content (AvgIpc) is 2.85. The minimum atomic E-state index is 0.318. The van der Waals surface area contributed by atoms with Crippen LogP contribution in [-0.2, 0) is 0 Å². The van der Waals surface area contributed by atoms with Crippen LogP contribution in [0.1, 0.15) is 51.4 Å². The zero-order valence-electron chi connectivity index (χ0n) is 12.0. The fourth-order valence-electron chi connectivity index (χ4n) is 3.11. The molecule has 6 nitrogen and oxygen atoms in total. The van der Waals surface area contributed by atoms with Crippen molar-refractivity contribution in [3.63, 3.8) is 0 Å². The van der Waals surface area contributed by atoms with Crippen LogP contribution in [0.2, 0.25) is 0 Å². The Bertz CT molecular complexity index is 435. The van der Waals surface area contributed by atoms with Crippen LogP contribution in [0.4, 0.5) is 17.8 Å². The van der Waals surface area contributed by atoms with Gasteiger partial charge in [-0.25, -0.2) is 0 Å². The molecule has 0 spiro atoms. The summed E-state index contributed by atoms with van der Waals surface area (Å²) in [5, 5.41) is 3.46. The van der Waals surface area contributed by atoms with Gasteiger partial charge in [-0.15, -0.1) is 0 Å². The number of hydrogen-bond donors (Lipinski definition) is 2. The molecule has 6 heteroatoms. The summed E-state index contributed by atoms with van der Waals surface area (Å²) in [7, 11) is 0. The molecule has 1 aliphatic carbocycles. The molecular weight excluding hydrogens is 252 g/mol. The normalized spacial score (nSPS) is 20.9. The molecule has 1 saturated heterocycles. The van der Waals surface area contributed by atoms with E-state index in [0.29, 0.717) is 17.9 Å². The number of nitrogen functional groups attached to an aromatic ring is 1. The number of anilines is 3. The number of rotatable bonds is 3. The Morgan fingerprint density at radius 2 is 1.60 bits per heavy atom. The molecule has 2 heterocycles. The summed E-state index contributed by atoms with van der Waals surface area (Å²) >= 11 is 0. The topological polar surface area (TPSA) is 80.0 Å². The zero-order chi connectivity index (χ0) is 13.8. The third kappa shape index (κ3) is 3.29. The Hall–Kier alpha value is -1.59. The first-order chi connectivity index (χ1) is 9.81. The highest BCUT2D eigenvalue weighted by atomic mass is 15.3. The Balaban J connectivity index is 1.71. The minimum absolute atomic E-state index is 0.318. The third-order valence-corrected chi connectivity index (χ3v) is 4.22. The Kier molecular flexibility index (Phi) is 4.18. The lowest BCUT2D eigenvalue weighted by Crippen LogP contribution is -2.24. The summed E-state index contributed by atoms with van der Waals surface area (Å²) in [4.78, 5) is 15.3. The van der Waals surface area contributed by atoms with E-state index in [1.54, 1.807) is 0 Å². The van der Waals surface area contributed by atoms with Gasteiger partial charge in [-0.3, -0.25) is 0 Å². The van der Waals surface area contributed by atoms with Crippen molar-refractivity contribution in [2.45, 2.75) is 57.4 Å². The van der Waals surface area contributed by atoms with Gasteiger partial charge in [0.05, 0.1) is 0 Å². The van der Waals surface area contributed by atoms with E-state index in [2.05, 4.69) is 25.2 Å². The summed E-state index contributed by atoms with van der Waals surface area (Å²) in [5.74, 6) is 1.69. The lowest BCUT2D eigenvalue weighted by Gasteiger charge is -2.19. The SMILES string of the molecule is Nc1nc(NC2CCCCCC2)nc(N2CCCC2)n1. The molecule has 1 aromatic heterocycles. The summed E-state index contributed by atoms with van der Waals surface area (Å²) in [6, 6.07) is 0.478. The van der Waals surface area contributed by atoms with Gasteiger partial charge in [0.15, 0.2) is 0 Å². The van der Waals surface area contributed by atoms with E-state index in [0.717, 1.165) is 19.0 Å². The van der Waals surface area contributed by atoms with Crippen molar-refractivity contribution in [2.75, 3.05) is 29.0 Å². The number of nitrogens with two attached hydrogens (primary N) is 1. The maximum atomic E-state index is 5.83. The molecule has 2 aliphatic rings. The zero-order valence-corrected chi connectivity index (χ0v) is 12.0. The van der Waals surface area contributed by atoms with Crippen LogP contribution in [0.5, 0.6) is 0 Å². The highest BCUT2D eigenvalue weighted by molar-refractivity contribution is 5.42. The molecule has 0 bridgehead atoms. The van der Waals surface area contributed by atoms with Crippen molar-refractivity contribution in [1.29, 1.82) is 0 Å². The maximum Gasteiger partial charge on any atom is 0.231 e. The van der Waals surface area contributed by atoms with Gasteiger partial charge in [-0.05, 0) is 25.7 Å². The molecule has 110 valence electrons. The van der Waals surface area contributed by atoms with E-state index in [1.807, 2.05) is 0 Å². The second kappa shape index (κ2) is 6.24. The van der Waals surface area contributed by atoms with Crippen LogP contribution in [0, 0.1) is 0 Å². The van der Waals surface area contributed by atoms with E-state index in [9.17, 15) is 0 Å². The first-order valence-corrected chi connectivity index (χ1v) is 7.84. The monoisotopic (exact) mass is 276 g/mol. The molecular formula is C14H24N6. The molecule has 3 N–H and O–H groups in total. The van der Waals surface area contributed by atoms with Crippen LogP contribution >= 0.6 is 0 Å². The predicted molar refractivity (Wildman–Crippen MR) is 80.8 cm³/mol. The molecule has 0 unspecified atom stereocenters. The van der Waals surface area contributed by atoms with Crippen LogP contribution in [-0.4, -0.2) is 34.1 Å². The first-order valence-electron chi connectivity index (χ1n) is 7.84. The molecule has 1 saturated carbocycles. The summed E-state index contributed by atoms with van der Waals surface area (Å²) in [6.45, 7) is 2.04. The molecule has 0 amide bonds. The van der Waals surface area contributed by atoms with Gasteiger partial charge in [-0.1, -0.05) is 25.7 Å². The van der Waals surface area contributed by atoms with Gasteiger partial charge in [0, 0.05) is 19.1 Å². The molecule has 1 aliphatic heterocycles. The van der Waals surface area contributed by atoms with Crippen LogP contribution in [0.25, 0.3) is 0 Å². The van der Waals surface area contributed by atoms with E-state index in [4.69, 9.17) is 5.73 Å². The van der Waals surface area contributed by atoms with Crippen molar-refractivity contribution >= 4 is 17.8 Å². The summed E-state index contributed by atoms with van der Waals surface area (Å²) in [6.07, 6.45) is 10.1. The standard InChI is InChI=1S/C14H24N6/c15-12-17-13(16-11-7-3-1-2-4-8-11)19-14(18-12)20-9-5-6-10-20/h11H,1-10H2,(H3,15,16,17,18,19). The van der Waals surface area contributed by atoms with Gasteiger partial charge in [0.2, 0.25) is 17.8 Å². The van der Waals surface area contributed by atoms with Gasteiger partial charge in [0.1, 0.15) is 0 Å². The second-order valence-corrected chi connectivity index (χ2v) is 5.84. The van der Waals surface area contributed by atoms with Crippen molar-refractivity contribution in [1.82, 2.24) is 15.0 Å². The fourth-order valence-corrected chi connectivity index (χ4v) is 3.11. The van der Waals surface area contributed by atoms with Crippen LogP contribution in [0.15, 0.2) is 0 Å². The number of aromatic nitrogens is 3. The number of nitrogens with zero attached hydrogens (tertiary/aromatic N) is 4. The van der Waals surface area contributed by atoms with E-state index < -0.39 is 0 Å². The second-order valence-electron chi connectivity index (χ2n) is 5.84. The Morgan fingerprint density at radius 1 is 0.900 bits per heavy atom. The largest absolute Gasteiger partial charge is 0.368 e. The molecule has 2 fully saturated rings. The van der Waals surface area contributed by atoms with Crippen molar-refractivity contribution in [3.8, 4) is 0 Å². The van der Waals surface area contributed by atoms with Crippen LogP contribution in [0.3, 0.4) is 0 Å². The lowest BCUT2D eigenvalue weighted by molar-refractivity contribution is 0.614. The summed E-state index contributed by atoms with van der Waals surface area (Å²) in [5.41, 5.74) is 5.83. The molecule has 3 rings (SSSR count). The van der Waals surface area contributed by atoms with E-state index >= 15 is 0 Å². The highest BCUT2D eigenvalue weighted by Gasteiger charge is 2.18. The van der Waals surface area contributed by atoms with Crippen molar-refractivity contribution in [2.24, 2.45) is 0 Å². The average molecular weight is 276 g/mol. The number of hydrogen-bond acceptors (Lipinski definition) is 6. The van der Waals surface area contributed by atoms with Gasteiger partial charge < -0.3 is 16.0 Å². The molecule has 1 aromatic rings. The van der Waals surface area contributed by atoms with Crippen LogP contribution < -0.4 is 16.0 Å². The molecule has 0 aromatic carbocycles. The fraction of sp³-hybridized carbons (Fsp3) is 0.786. The maximum absolute atomic E-state index is 5.83. The molecule has 20 heavy (non-hydrogen) atoms. The van der Waals surface area contributed by atoms with Gasteiger partial charge >= 0.3 is 0 Å².